The number of pyridine rings is 1. The highest BCUT2D eigenvalue weighted by atomic mass is 32.1. The number of aromatic amines is 1. The lowest BCUT2D eigenvalue weighted by atomic mass is 9.95. The van der Waals surface area contributed by atoms with Gasteiger partial charge in [0.25, 0.3) is 5.56 Å². The van der Waals surface area contributed by atoms with E-state index in [4.69, 9.17) is 0 Å². The number of carbonyl (C=O) groups is 1. The van der Waals surface area contributed by atoms with Gasteiger partial charge in [-0.2, -0.15) is 5.10 Å². The van der Waals surface area contributed by atoms with Crippen molar-refractivity contribution < 1.29 is 4.79 Å². The molecule has 6 heteroatoms. The van der Waals surface area contributed by atoms with Crippen LogP contribution in [0.3, 0.4) is 0 Å². The number of aryl methyl sites for hydroxylation is 2. The van der Waals surface area contributed by atoms with Gasteiger partial charge in [0, 0.05) is 17.7 Å². The van der Waals surface area contributed by atoms with Gasteiger partial charge in [-0.3, -0.25) is 9.59 Å². The number of rotatable bonds is 3. The minimum Gasteiger partial charge on any atom is -0.313 e. The summed E-state index contributed by atoms with van der Waals surface area (Å²) in [6.45, 7) is 7.74. The smallest absolute Gasteiger partial charge is 0.258 e. The fourth-order valence-corrected chi connectivity index (χ4v) is 4.54. The predicted octanol–water partition coefficient (Wildman–Crippen LogP) is 4.54. The number of aromatic nitrogens is 1. The van der Waals surface area contributed by atoms with Gasteiger partial charge in [0.2, 0.25) is 5.91 Å². The number of fused-ring (bicyclic) bond motifs is 1. The lowest BCUT2D eigenvalue weighted by molar-refractivity contribution is -0.136. The zero-order valence-electron chi connectivity index (χ0n) is 16.4. The molecule has 5 nitrogen and oxygen atoms in total. The first kappa shape index (κ1) is 18.6. The first-order valence-electron chi connectivity index (χ1n) is 9.44. The number of carbonyl (C=O) groups excluding carboxylic acids is 1. The van der Waals surface area contributed by atoms with Crippen LogP contribution in [0.1, 0.15) is 48.6 Å². The molecule has 1 amide bonds. The van der Waals surface area contributed by atoms with Crippen LogP contribution < -0.4 is 5.56 Å². The van der Waals surface area contributed by atoms with Crippen LogP contribution in [0.2, 0.25) is 0 Å². The second-order valence-corrected chi connectivity index (χ2v) is 8.55. The average Bonchev–Trinajstić information content (AvgIpc) is 3.29. The third-order valence-electron chi connectivity index (χ3n) is 5.28. The summed E-state index contributed by atoms with van der Waals surface area (Å²) in [5, 5.41) is 9.23. The summed E-state index contributed by atoms with van der Waals surface area (Å²) >= 11 is 1.52. The molecule has 0 saturated carbocycles. The van der Waals surface area contributed by atoms with Gasteiger partial charge in [-0.25, -0.2) is 5.01 Å². The van der Waals surface area contributed by atoms with E-state index in [9.17, 15) is 9.59 Å². The van der Waals surface area contributed by atoms with Crippen LogP contribution in [0.4, 0.5) is 0 Å². The fraction of sp³-hybridized carbons (Fsp3) is 0.318. The van der Waals surface area contributed by atoms with Gasteiger partial charge >= 0.3 is 0 Å². The first-order chi connectivity index (χ1) is 13.4. The molecule has 1 N–H and O–H groups in total. The van der Waals surface area contributed by atoms with Crippen LogP contribution in [-0.2, 0) is 4.79 Å². The summed E-state index contributed by atoms with van der Waals surface area (Å²) in [5.74, 6) is -0.207. The summed E-state index contributed by atoms with van der Waals surface area (Å²) in [5.41, 5.74) is 4.23. The van der Waals surface area contributed by atoms with E-state index in [0.717, 1.165) is 21.3 Å². The topological polar surface area (TPSA) is 65.5 Å². The lowest BCUT2D eigenvalue weighted by Crippen LogP contribution is -2.30. The molecule has 0 saturated heterocycles. The standard InChI is InChI=1S/C22H23N3O2S/c1-12(2)22(27)25-18(15-7-5-13(3)6-8-15)11-17(24-25)19-14(4)16-9-10-28-21(16)23-20(19)26/h5-10,12,18H,11H2,1-4H3,(H,23,26). The highest BCUT2D eigenvalue weighted by Gasteiger charge is 2.35. The summed E-state index contributed by atoms with van der Waals surface area (Å²) in [7, 11) is 0. The third kappa shape index (κ3) is 3.07. The van der Waals surface area contributed by atoms with Crippen molar-refractivity contribution in [3.05, 3.63) is 68.3 Å². The largest absolute Gasteiger partial charge is 0.313 e. The summed E-state index contributed by atoms with van der Waals surface area (Å²) in [4.78, 5) is 29.5. The quantitative estimate of drug-likeness (QED) is 0.710. The van der Waals surface area contributed by atoms with E-state index in [2.05, 4.69) is 10.1 Å². The van der Waals surface area contributed by atoms with Crippen molar-refractivity contribution in [1.82, 2.24) is 9.99 Å². The highest BCUT2D eigenvalue weighted by molar-refractivity contribution is 7.16. The molecule has 0 bridgehead atoms. The molecule has 0 radical (unpaired) electrons. The number of nitrogens with zero attached hydrogens (tertiary/aromatic N) is 2. The molecule has 1 atom stereocenters. The molecule has 4 rings (SSSR count). The van der Waals surface area contributed by atoms with Gasteiger partial charge in [0.05, 0.1) is 17.3 Å². The van der Waals surface area contributed by atoms with Crippen molar-refractivity contribution in [2.75, 3.05) is 0 Å². The second-order valence-electron chi connectivity index (χ2n) is 7.63. The van der Waals surface area contributed by atoms with Crippen molar-refractivity contribution in [1.29, 1.82) is 0 Å². The van der Waals surface area contributed by atoms with E-state index in [0.29, 0.717) is 17.7 Å². The van der Waals surface area contributed by atoms with E-state index < -0.39 is 0 Å². The molecule has 0 aliphatic carbocycles. The Morgan fingerprint density at radius 2 is 1.93 bits per heavy atom. The minimum absolute atomic E-state index is 0.0359. The van der Waals surface area contributed by atoms with Crippen LogP contribution >= 0.6 is 11.3 Å². The number of thiophene rings is 1. The Morgan fingerprint density at radius 3 is 2.61 bits per heavy atom. The Bertz CT molecular complexity index is 1140. The second kappa shape index (κ2) is 7.02. The molecule has 1 aliphatic rings. The number of hydrogen-bond acceptors (Lipinski definition) is 4. The van der Waals surface area contributed by atoms with Gasteiger partial charge in [0.1, 0.15) is 4.83 Å². The Labute approximate surface area is 167 Å². The minimum atomic E-state index is -0.192. The maximum Gasteiger partial charge on any atom is 0.258 e. The van der Waals surface area contributed by atoms with E-state index in [1.807, 2.05) is 63.4 Å². The maximum absolute atomic E-state index is 12.8. The number of hydrazone groups is 1. The van der Waals surface area contributed by atoms with Crippen LogP contribution in [0, 0.1) is 19.8 Å². The predicted molar refractivity (Wildman–Crippen MR) is 114 cm³/mol. The van der Waals surface area contributed by atoms with E-state index in [1.165, 1.54) is 16.9 Å². The fourth-order valence-electron chi connectivity index (χ4n) is 3.70. The summed E-state index contributed by atoms with van der Waals surface area (Å²) < 4.78 is 0. The van der Waals surface area contributed by atoms with Crippen LogP contribution in [0.15, 0.2) is 45.6 Å². The molecule has 28 heavy (non-hydrogen) atoms. The zero-order valence-corrected chi connectivity index (χ0v) is 17.3. The highest BCUT2D eigenvalue weighted by Crippen LogP contribution is 2.35. The molecule has 3 heterocycles. The molecule has 2 aromatic heterocycles. The molecule has 1 aliphatic heterocycles. The Morgan fingerprint density at radius 1 is 1.21 bits per heavy atom. The molecular formula is C22H23N3O2S. The average molecular weight is 394 g/mol. The first-order valence-corrected chi connectivity index (χ1v) is 10.3. The molecule has 0 fully saturated rings. The van der Waals surface area contributed by atoms with Crippen molar-refractivity contribution in [2.45, 2.75) is 40.2 Å². The van der Waals surface area contributed by atoms with Crippen molar-refractivity contribution in [3.8, 4) is 0 Å². The Kier molecular flexibility index (Phi) is 4.67. The van der Waals surface area contributed by atoms with Gasteiger partial charge < -0.3 is 4.98 Å². The van der Waals surface area contributed by atoms with E-state index in [-0.39, 0.29) is 23.4 Å². The van der Waals surface area contributed by atoms with Gasteiger partial charge in [0.15, 0.2) is 0 Å². The molecule has 144 valence electrons. The molecule has 1 unspecified atom stereocenters. The van der Waals surface area contributed by atoms with Gasteiger partial charge in [-0.1, -0.05) is 43.7 Å². The molecule has 3 aromatic rings. The van der Waals surface area contributed by atoms with Crippen molar-refractivity contribution in [3.63, 3.8) is 0 Å². The van der Waals surface area contributed by atoms with Gasteiger partial charge in [-0.05, 0) is 36.4 Å². The Balaban J connectivity index is 1.82. The number of H-pyrrole nitrogens is 1. The molecule has 0 spiro atoms. The Hall–Kier alpha value is -2.73. The number of nitrogens with one attached hydrogen (secondary N) is 1. The normalized spacial score (nSPS) is 16.8. The lowest BCUT2D eigenvalue weighted by Gasteiger charge is -2.23. The van der Waals surface area contributed by atoms with Crippen molar-refractivity contribution >= 4 is 33.2 Å². The number of amides is 1. The third-order valence-corrected chi connectivity index (χ3v) is 6.11. The van der Waals surface area contributed by atoms with E-state index in [1.54, 1.807) is 5.01 Å². The van der Waals surface area contributed by atoms with Gasteiger partial charge in [-0.15, -0.1) is 11.3 Å². The zero-order chi connectivity index (χ0) is 20.0. The van der Waals surface area contributed by atoms with Crippen LogP contribution in [0.25, 0.3) is 10.2 Å². The number of hydrogen-bond donors (Lipinski definition) is 1. The molecular weight excluding hydrogens is 370 g/mol. The summed E-state index contributed by atoms with van der Waals surface area (Å²) in [6.07, 6.45) is 0.529. The van der Waals surface area contributed by atoms with E-state index >= 15 is 0 Å². The number of benzene rings is 1. The molecule has 1 aromatic carbocycles. The summed E-state index contributed by atoms with van der Waals surface area (Å²) in [6, 6.07) is 9.99. The van der Waals surface area contributed by atoms with Crippen molar-refractivity contribution in [2.24, 2.45) is 11.0 Å². The maximum atomic E-state index is 12.8. The SMILES string of the molecule is Cc1ccc(C2CC(c3c(C)c4ccsc4[nH]c3=O)=NN2C(=O)C(C)C)cc1. The van der Waals surface area contributed by atoms with Crippen LogP contribution in [0.5, 0.6) is 0 Å². The monoisotopic (exact) mass is 393 g/mol. The van der Waals surface area contributed by atoms with Crippen LogP contribution in [-0.4, -0.2) is 21.6 Å².